The Bertz CT molecular complexity index is 673. The van der Waals surface area contributed by atoms with Crippen LogP contribution in [0.15, 0.2) is 0 Å². The van der Waals surface area contributed by atoms with Gasteiger partial charge in [0, 0.05) is 0 Å². The minimum absolute atomic E-state index is 0.0460. The molecule has 0 saturated heterocycles. The van der Waals surface area contributed by atoms with Crippen LogP contribution in [0.5, 0.6) is 0 Å². The van der Waals surface area contributed by atoms with E-state index in [1.807, 2.05) is 41.5 Å². The molecule has 0 rings (SSSR count). The Balaban J connectivity index is 5.34. The van der Waals surface area contributed by atoms with Gasteiger partial charge in [0.2, 0.25) is 0 Å². The molecule has 0 aromatic rings. The highest BCUT2D eigenvalue weighted by molar-refractivity contribution is 5.60. The Labute approximate surface area is 233 Å². The van der Waals surface area contributed by atoms with Crippen LogP contribution in [0.25, 0.3) is 0 Å². The SMILES string of the molecule is CCC(COC(=O)OOC(C)(C)C(C)C)(COC(=O)OOC(C)(C)C(C)C)COC(=O)OOC(C)(C)C(C)C. The highest BCUT2D eigenvalue weighted by Gasteiger charge is 2.37. The first kappa shape index (κ1) is 36.7. The maximum atomic E-state index is 12.2. The zero-order valence-corrected chi connectivity index (χ0v) is 26.0. The van der Waals surface area contributed by atoms with E-state index in [2.05, 4.69) is 0 Å². The second-order valence-electron chi connectivity index (χ2n) is 12.2. The van der Waals surface area contributed by atoms with Crippen molar-refractivity contribution in [2.45, 2.75) is 113 Å². The van der Waals surface area contributed by atoms with E-state index in [4.69, 9.17) is 43.5 Å². The fraction of sp³-hybridized carbons (Fsp3) is 0.889. The van der Waals surface area contributed by atoms with E-state index in [9.17, 15) is 14.4 Å². The highest BCUT2D eigenvalue weighted by Crippen LogP contribution is 2.27. The molecule has 12 nitrogen and oxygen atoms in total. The normalized spacial score (nSPS) is 12.9. The molecule has 0 heterocycles. The lowest BCUT2D eigenvalue weighted by Gasteiger charge is -2.31. The van der Waals surface area contributed by atoms with Gasteiger partial charge in [0.15, 0.2) is 0 Å². The molecule has 12 heteroatoms. The molecule has 0 unspecified atom stereocenters. The number of ether oxygens (including phenoxy) is 3. The van der Waals surface area contributed by atoms with Gasteiger partial charge in [-0.3, -0.25) is 14.7 Å². The number of hydrogen-bond acceptors (Lipinski definition) is 12. The van der Waals surface area contributed by atoms with E-state index >= 15 is 0 Å². The van der Waals surface area contributed by atoms with Crippen LogP contribution in [0.2, 0.25) is 0 Å². The molecule has 0 saturated carbocycles. The third-order valence-corrected chi connectivity index (χ3v) is 7.38. The average Bonchev–Trinajstić information content (AvgIpc) is 2.84. The molecule has 0 bridgehead atoms. The van der Waals surface area contributed by atoms with E-state index < -0.39 is 40.7 Å². The third kappa shape index (κ3) is 13.5. The minimum atomic E-state index is -1.19. The van der Waals surface area contributed by atoms with Crippen LogP contribution < -0.4 is 0 Å². The standard InChI is InChI=1S/C27H50O12/c1-14-27(15-31-21(28)34-37-24(8,9)18(2)3,16-32-22(29)35-38-25(10,11)19(4)5)17-33-23(30)36-39-26(12,13)20(6)7/h18-20H,14-17H2,1-13H3. The first-order valence-corrected chi connectivity index (χ1v) is 13.3. The Morgan fingerprint density at radius 2 is 0.744 bits per heavy atom. The van der Waals surface area contributed by atoms with Gasteiger partial charge in [0.25, 0.3) is 0 Å². The molecule has 230 valence electrons. The lowest BCUT2D eigenvalue weighted by molar-refractivity contribution is -0.332. The lowest BCUT2D eigenvalue weighted by Crippen LogP contribution is -2.40. The van der Waals surface area contributed by atoms with Gasteiger partial charge in [-0.1, -0.05) is 48.5 Å². The summed E-state index contributed by atoms with van der Waals surface area (Å²) in [4.78, 5) is 66.6. The summed E-state index contributed by atoms with van der Waals surface area (Å²) >= 11 is 0. The molecule has 0 aromatic carbocycles. The van der Waals surface area contributed by atoms with E-state index in [0.29, 0.717) is 0 Å². The summed E-state index contributed by atoms with van der Waals surface area (Å²) in [6.07, 6.45) is -3.10. The monoisotopic (exact) mass is 566 g/mol. The molecular formula is C27H50O12. The van der Waals surface area contributed by atoms with Gasteiger partial charge < -0.3 is 14.2 Å². The average molecular weight is 567 g/mol. The van der Waals surface area contributed by atoms with E-state index in [1.54, 1.807) is 48.5 Å². The molecule has 39 heavy (non-hydrogen) atoms. The predicted octanol–water partition coefficient (Wildman–Crippen LogP) is 6.94. The van der Waals surface area contributed by atoms with Crippen LogP contribution >= 0.6 is 0 Å². The summed E-state index contributed by atoms with van der Waals surface area (Å²) in [5.74, 6) is 0.138. The Morgan fingerprint density at radius 3 is 0.923 bits per heavy atom. The van der Waals surface area contributed by atoms with Gasteiger partial charge in [0.1, 0.15) is 36.6 Å². The molecule has 0 aliphatic carbocycles. The van der Waals surface area contributed by atoms with Crippen LogP contribution in [-0.4, -0.2) is 55.1 Å². The molecule has 0 aromatic heterocycles. The van der Waals surface area contributed by atoms with Crippen LogP contribution in [0.1, 0.15) is 96.4 Å². The van der Waals surface area contributed by atoms with Crippen molar-refractivity contribution in [2.75, 3.05) is 19.8 Å². The molecule has 0 amide bonds. The quantitative estimate of drug-likeness (QED) is 0.0828. The van der Waals surface area contributed by atoms with E-state index in [-0.39, 0.29) is 44.0 Å². The summed E-state index contributed by atoms with van der Waals surface area (Å²) in [5.41, 5.74) is -3.46. The largest absolute Gasteiger partial charge is 0.540 e. The molecule has 0 aliphatic heterocycles. The van der Waals surface area contributed by atoms with Crippen molar-refractivity contribution in [2.24, 2.45) is 23.2 Å². The maximum Gasteiger partial charge on any atom is 0.540 e. The van der Waals surface area contributed by atoms with Crippen molar-refractivity contribution in [1.29, 1.82) is 0 Å². The van der Waals surface area contributed by atoms with E-state index in [1.165, 1.54) is 0 Å². The fourth-order valence-electron chi connectivity index (χ4n) is 1.85. The molecule has 0 atom stereocenters. The van der Waals surface area contributed by atoms with Gasteiger partial charge in [0.05, 0.1) is 5.41 Å². The molecule has 0 spiro atoms. The predicted molar refractivity (Wildman–Crippen MR) is 140 cm³/mol. The molecular weight excluding hydrogens is 516 g/mol. The van der Waals surface area contributed by atoms with Crippen molar-refractivity contribution >= 4 is 18.5 Å². The van der Waals surface area contributed by atoms with Gasteiger partial charge in [-0.25, -0.2) is 14.4 Å². The van der Waals surface area contributed by atoms with Crippen molar-refractivity contribution in [3.63, 3.8) is 0 Å². The second-order valence-corrected chi connectivity index (χ2v) is 12.2. The minimum Gasteiger partial charge on any atom is -0.431 e. The van der Waals surface area contributed by atoms with Crippen molar-refractivity contribution in [3.05, 3.63) is 0 Å². The Kier molecular flexibility index (Phi) is 14.6. The summed E-state index contributed by atoms with van der Waals surface area (Å²) in [7, 11) is 0. The number of hydrogen-bond donors (Lipinski definition) is 0. The lowest BCUT2D eigenvalue weighted by atomic mass is 9.88. The number of carbonyl (C=O) groups excluding carboxylic acids is 3. The molecule has 0 aliphatic rings. The van der Waals surface area contributed by atoms with Crippen LogP contribution in [0.3, 0.4) is 0 Å². The van der Waals surface area contributed by atoms with Crippen LogP contribution in [0, 0.1) is 23.2 Å². The van der Waals surface area contributed by atoms with Gasteiger partial charge >= 0.3 is 18.5 Å². The van der Waals surface area contributed by atoms with Crippen molar-refractivity contribution in [1.82, 2.24) is 0 Å². The fourth-order valence-corrected chi connectivity index (χ4v) is 1.85. The maximum absolute atomic E-state index is 12.2. The van der Waals surface area contributed by atoms with Gasteiger partial charge in [-0.2, -0.15) is 14.7 Å². The number of rotatable bonds is 16. The summed E-state index contributed by atoms with van der Waals surface area (Å²) in [5, 5.41) is 0. The Hall–Kier alpha value is -2.31. The van der Waals surface area contributed by atoms with Crippen molar-refractivity contribution in [3.8, 4) is 0 Å². The molecule has 0 N–H and O–H groups in total. The van der Waals surface area contributed by atoms with Crippen LogP contribution in [-0.2, 0) is 43.5 Å². The zero-order chi connectivity index (χ0) is 30.7. The summed E-state index contributed by atoms with van der Waals surface area (Å²) < 4.78 is 15.6. The number of carbonyl (C=O) groups is 3. The molecule has 0 radical (unpaired) electrons. The van der Waals surface area contributed by atoms with Crippen molar-refractivity contribution < 1.29 is 57.9 Å². The topological polar surface area (TPSA) is 134 Å². The van der Waals surface area contributed by atoms with Crippen LogP contribution in [0.4, 0.5) is 14.4 Å². The smallest absolute Gasteiger partial charge is 0.431 e. The summed E-state index contributed by atoms with van der Waals surface area (Å²) in [6, 6.07) is 0. The zero-order valence-electron chi connectivity index (χ0n) is 26.0. The van der Waals surface area contributed by atoms with Gasteiger partial charge in [-0.05, 0) is 65.7 Å². The first-order valence-electron chi connectivity index (χ1n) is 13.3. The van der Waals surface area contributed by atoms with E-state index in [0.717, 1.165) is 0 Å². The Morgan fingerprint density at radius 1 is 0.513 bits per heavy atom. The first-order chi connectivity index (χ1) is 17.7. The summed E-state index contributed by atoms with van der Waals surface area (Å²) in [6.45, 7) is 22.6. The highest BCUT2D eigenvalue weighted by atomic mass is 17.2. The third-order valence-electron chi connectivity index (χ3n) is 7.38. The molecule has 0 fully saturated rings. The second kappa shape index (κ2) is 15.5. The van der Waals surface area contributed by atoms with Gasteiger partial charge in [-0.15, -0.1) is 0 Å².